The minimum absolute atomic E-state index is 0.0830. The van der Waals surface area contributed by atoms with E-state index in [1.54, 1.807) is 19.9 Å². The Kier molecular flexibility index (Phi) is 5.83. The van der Waals surface area contributed by atoms with Gasteiger partial charge in [0.2, 0.25) is 10.0 Å². The molecule has 0 aliphatic rings. The fraction of sp³-hybridized carbons (Fsp3) is 0.500. The lowest BCUT2D eigenvalue weighted by molar-refractivity contribution is 0.0276. The number of hydrogen-bond donors (Lipinski definition) is 2. The summed E-state index contributed by atoms with van der Waals surface area (Å²) in [4.78, 5) is -0.0842. The van der Waals surface area contributed by atoms with Gasteiger partial charge in [-0.25, -0.2) is 13.1 Å². The fourth-order valence-corrected chi connectivity index (χ4v) is 3.52. The maximum absolute atomic E-state index is 12.3. The summed E-state index contributed by atoms with van der Waals surface area (Å²) in [5, 5.41) is 0.348. The molecule has 0 aliphatic carbocycles. The van der Waals surface area contributed by atoms with Crippen molar-refractivity contribution in [3.63, 3.8) is 0 Å². The van der Waals surface area contributed by atoms with Crippen molar-refractivity contribution in [3.05, 3.63) is 27.7 Å². The maximum Gasteiger partial charge on any atom is 0.242 e. The van der Waals surface area contributed by atoms with Crippen LogP contribution in [0.3, 0.4) is 0 Å². The number of benzene rings is 1. The highest BCUT2D eigenvalue weighted by atomic mass is 35.5. The first-order valence-corrected chi connectivity index (χ1v) is 8.09. The van der Waals surface area contributed by atoms with Crippen LogP contribution in [0.1, 0.15) is 19.4 Å². The molecule has 8 heteroatoms. The average molecular weight is 341 g/mol. The molecule has 0 heterocycles. The molecule has 1 rings (SSSR count). The van der Waals surface area contributed by atoms with E-state index >= 15 is 0 Å². The van der Waals surface area contributed by atoms with Crippen molar-refractivity contribution in [1.29, 1.82) is 0 Å². The normalized spacial score (nSPS) is 12.7. The number of nitrogens with two attached hydrogens (primary N) is 1. The van der Waals surface area contributed by atoms with Crippen LogP contribution in [0.15, 0.2) is 17.0 Å². The second-order valence-electron chi connectivity index (χ2n) is 4.87. The molecular formula is C12H18Cl2N2O3S. The largest absolute Gasteiger partial charge is 0.377 e. The van der Waals surface area contributed by atoms with Crippen molar-refractivity contribution in [2.75, 3.05) is 13.7 Å². The number of rotatable bonds is 6. The third-order valence-corrected chi connectivity index (χ3v) is 5.03. The zero-order valence-corrected chi connectivity index (χ0v) is 13.9. The highest BCUT2D eigenvalue weighted by Crippen LogP contribution is 2.29. The van der Waals surface area contributed by atoms with Gasteiger partial charge in [0.25, 0.3) is 0 Å². The first kappa shape index (κ1) is 17.7. The van der Waals surface area contributed by atoms with Crippen LogP contribution in [-0.4, -0.2) is 27.7 Å². The Bertz CT molecular complexity index is 589. The van der Waals surface area contributed by atoms with E-state index in [0.717, 1.165) is 0 Å². The van der Waals surface area contributed by atoms with Gasteiger partial charge in [0.1, 0.15) is 4.90 Å². The number of sulfonamides is 1. The lowest BCUT2D eigenvalue weighted by atomic mass is 10.1. The predicted molar refractivity (Wildman–Crippen MR) is 80.6 cm³/mol. The average Bonchev–Trinajstić information content (AvgIpc) is 2.39. The van der Waals surface area contributed by atoms with Gasteiger partial charge in [-0.15, -0.1) is 0 Å². The number of methoxy groups -OCH3 is 1. The molecule has 0 bridgehead atoms. The Morgan fingerprint density at radius 3 is 2.45 bits per heavy atom. The van der Waals surface area contributed by atoms with E-state index in [-0.39, 0.29) is 28.0 Å². The summed E-state index contributed by atoms with van der Waals surface area (Å²) in [5.41, 5.74) is 5.37. The van der Waals surface area contributed by atoms with Crippen molar-refractivity contribution in [1.82, 2.24) is 4.72 Å². The van der Waals surface area contributed by atoms with Crippen molar-refractivity contribution in [3.8, 4) is 0 Å². The molecule has 3 N–H and O–H groups in total. The third-order valence-electron chi connectivity index (χ3n) is 2.83. The molecule has 0 spiro atoms. The highest BCUT2D eigenvalue weighted by molar-refractivity contribution is 7.89. The smallest absolute Gasteiger partial charge is 0.242 e. The van der Waals surface area contributed by atoms with Crippen molar-refractivity contribution in [2.45, 2.75) is 30.9 Å². The lowest BCUT2D eigenvalue weighted by Gasteiger charge is -2.23. The molecule has 5 nitrogen and oxygen atoms in total. The molecule has 0 atom stereocenters. The zero-order chi connectivity index (χ0) is 15.6. The molecular weight excluding hydrogens is 323 g/mol. The van der Waals surface area contributed by atoms with Crippen LogP contribution in [0, 0.1) is 0 Å². The quantitative estimate of drug-likeness (QED) is 0.831. The van der Waals surface area contributed by atoms with Gasteiger partial charge in [0.05, 0.1) is 10.6 Å². The van der Waals surface area contributed by atoms with Gasteiger partial charge in [0.15, 0.2) is 0 Å². The molecule has 0 fully saturated rings. The van der Waals surface area contributed by atoms with E-state index in [1.165, 1.54) is 13.2 Å². The third kappa shape index (κ3) is 4.31. The van der Waals surface area contributed by atoms with Crippen molar-refractivity contribution in [2.24, 2.45) is 5.73 Å². The van der Waals surface area contributed by atoms with Crippen LogP contribution < -0.4 is 10.5 Å². The van der Waals surface area contributed by atoms with Crippen LogP contribution in [-0.2, 0) is 21.3 Å². The van der Waals surface area contributed by atoms with Gasteiger partial charge in [-0.1, -0.05) is 23.2 Å². The number of nitrogens with one attached hydrogen (secondary N) is 1. The van der Waals surface area contributed by atoms with Crippen LogP contribution in [0.25, 0.3) is 0 Å². The van der Waals surface area contributed by atoms with Gasteiger partial charge in [-0.2, -0.15) is 0 Å². The van der Waals surface area contributed by atoms with Crippen LogP contribution in [0.4, 0.5) is 0 Å². The molecule has 114 valence electrons. The van der Waals surface area contributed by atoms with Gasteiger partial charge in [0, 0.05) is 25.2 Å². The summed E-state index contributed by atoms with van der Waals surface area (Å²) < 4.78 is 32.2. The van der Waals surface area contributed by atoms with E-state index in [4.69, 9.17) is 33.7 Å². The molecule has 0 saturated heterocycles. The van der Waals surface area contributed by atoms with Crippen LogP contribution >= 0.6 is 23.2 Å². The van der Waals surface area contributed by atoms with E-state index in [2.05, 4.69) is 4.72 Å². The van der Waals surface area contributed by atoms with Crippen LogP contribution in [0.5, 0.6) is 0 Å². The first-order valence-electron chi connectivity index (χ1n) is 5.86. The Hall–Kier alpha value is -0.370. The van der Waals surface area contributed by atoms with Crippen molar-refractivity contribution >= 4 is 33.2 Å². The summed E-state index contributed by atoms with van der Waals surface area (Å²) in [6.07, 6.45) is 0. The summed E-state index contributed by atoms with van der Waals surface area (Å²) in [7, 11) is -2.28. The molecule has 0 aliphatic heterocycles. The zero-order valence-electron chi connectivity index (χ0n) is 11.5. The number of hydrogen-bond acceptors (Lipinski definition) is 4. The Balaban J connectivity index is 3.13. The maximum atomic E-state index is 12.3. The molecule has 0 saturated carbocycles. The van der Waals surface area contributed by atoms with Crippen molar-refractivity contribution < 1.29 is 13.2 Å². The molecule has 0 unspecified atom stereocenters. The number of ether oxygens (including phenoxy) is 1. The minimum Gasteiger partial charge on any atom is -0.377 e. The SMILES string of the molecule is COC(C)(C)CNS(=O)(=O)c1cc(Cl)cc(CN)c1Cl. The van der Waals surface area contributed by atoms with Crippen LogP contribution in [0.2, 0.25) is 10.0 Å². The molecule has 20 heavy (non-hydrogen) atoms. The minimum atomic E-state index is -3.79. The second-order valence-corrected chi connectivity index (χ2v) is 7.42. The Morgan fingerprint density at radius 2 is 1.95 bits per heavy atom. The summed E-state index contributed by atoms with van der Waals surface area (Å²) in [6, 6.07) is 2.84. The van der Waals surface area contributed by atoms with Gasteiger partial charge < -0.3 is 10.5 Å². The predicted octanol–water partition coefficient (Wildman–Crippen LogP) is 2.16. The Labute approximate surface area is 129 Å². The van der Waals surface area contributed by atoms with Gasteiger partial charge in [-0.3, -0.25) is 0 Å². The lowest BCUT2D eigenvalue weighted by Crippen LogP contribution is -2.39. The standard InChI is InChI=1S/C12H18Cl2N2O3S/c1-12(2,19-3)7-16-20(17,18)10-5-9(13)4-8(6-15)11(10)14/h4-5,16H,6-7,15H2,1-3H3. The summed E-state index contributed by atoms with van der Waals surface area (Å²) in [5.74, 6) is 0. The molecule has 1 aromatic rings. The molecule has 1 aromatic carbocycles. The summed E-state index contributed by atoms with van der Waals surface area (Å²) >= 11 is 12.0. The van der Waals surface area contributed by atoms with E-state index < -0.39 is 15.6 Å². The molecule has 0 amide bonds. The summed E-state index contributed by atoms with van der Waals surface area (Å²) in [6.45, 7) is 3.74. The molecule has 0 radical (unpaired) electrons. The van der Waals surface area contributed by atoms with Gasteiger partial charge in [-0.05, 0) is 31.5 Å². The second kappa shape index (κ2) is 6.60. The van der Waals surface area contributed by atoms with E-state index in [0.29, 0.717) is 5.56 Å². The highest BCUT2D eigenvalue weighted by Gasteiger charge is 2.24. The number of halogens is 2. The van der Waals surface area contributed by atoms with Gasteiger partial charge >= 0.3 is 0 Å². The first-order chi connectivity index (χ1) is 9.13. The fourth-order valence-electron chi connectivity index (χ4n) is 1.38. The molecule has 0 aromatic heterocycles. The monoisotopic (exact) mass is 340 g/mol. The van der Waals surface area contributed by atoms with E-state index in [1.807, 2.05) is 0 Å². The topological polar surface area (TPSA) is 81.4 Å². The Morgan fingerprint density at radius 1 is 1.35 bits per heavy atom. The van der Waals surface area contributed by atoms with E-state index in [9.17, 15) is 8.42 Å².